The number of ether oxygens (including phenoxy) is 1. The average molecular weight is 380 g/mol. The Balaban J connectivity index is 1.36. The highest BCUT2D eigenvalue weighted by Crippen LogP contribution is 2.20. The molecule has 1 saturated carbocycles. The second-order valence-electron chi connectivity index (χ2n) is 6.91. The van der Waals surface area contributed by atoms with Gasteiger partial charge in [0.1, 0.15) is 5.75 Å². The lowest BCUT2D eigenvalue weighted by molar-refractivity contribution is -0.116. The third-order valence-corrected chi connectivity index (χ3v) is 4.42. The fourth-order valence-electron chi connectivity index (χ4n) is 2.63. The Hall–Kier alpha value is -3.15. The topological polar surface area (TPSA) is 84.5 Å². The van der Waals surface area contributed by atoms with E-state index in [2.05, 4.69) is 10.6 Å². The van der Waals surface area contributed by atoms with Gasteiger partial charge in [0.15, 0.2) is 5.78 Å². The van der Waals surface area contributed by atoms with Crippen LogP contribution in [0.4, 0.5) is 5.69 Å². The highest BCUT2D eigenvalue weighted by molar-refractivity contribution is 5.96. The predicted molar refractivity (Wildman–Crippen MR) is 107 cm³/mol. The van der Waals surface area contributed by atoms with Crippen LogP contribution in [0.15, 0.2) is 48.5 Å². The lowest BCUT2D eigenvalue weighted by atomic mass is 10.1. The maximum absolute atomic E-state index is 12.0. The molecule has 146 valence electrons. The van der Waals surface area contributed by atoms with Crippen LogP contribution in [-0.2, 0) is 4.79 Å². The van der Waals surface area contributed by atoms with Crippen molar-refractivity contribution in [2.75, 3.05) is 11.9 Å². The number of anilines is 1. The van der Waals surface area contributed by atoms with E-state index < -0.39 is 0 Å². The fraction of sp³-hybridized carbons (Fsp3) is 0.318. The highest BCUT2D eigenvalue weighted by Gasteiger charge is 2.23. The quantitative estimate of drug-likeness (QED) is 0.514. The van der Waals surface area contributed by atoms with E-state index in [-0.39, 0.29) is 17.6 Å². The first-order valence-corrected chi connectivity index (χ1v) is 9.46. The molecule has 0 heterocycles. The van der Waals surface area contributed by atoms with Crippen molar-refractivity contribution in [3.63, 3.8) is 0 Å². The van der Waals surface area contributed by atoms with Crippen molar-refractivity contribution in [2.45, 2.75) is 38.6 Å². The van der Waals surface area contributed by atoms with Gasteiger partial charge in [-0.1, -0.05) is 0 Å². The second-order valence-corrected chi connectivity index (χ2v) is 6.91. The first-order valence-electron chi connectivity index (χ1n) is 9.46. The molecule has 6 nitrogen and oxygen atoms in total. The number of hydrogen-bond acceptors (Lipinski definition) is 4. The minimum absolute atomic E-state index is 0.0137. The minimum atomic E-state index is -0.106. The summed E-state index contributed by atoms with van der Waals surface area (Å²) in [6.07, 6.45) is 3.00. The number of hydrogen-bond donors (Lipinski definition) is 2. The van der Waals surface area contributed by atoms with Crippen LogP contribution in [-0.4, -0.2) is 30.2 Å². The molecule has 6 heteroatoms. The Morgan fingerprint density at radius 3 is 2.21 bits per heavy atom. The molecule has 2 amide bonds. The van der Waals surface area contributed by atoms with Crippen LogP contribution in [0.1, 0.15) is 53.3 Å². The van der Waals surface area contributed by atoms with Crippen LogP contribution in [0.3, 0.4) is 0 Å². The number of rotatable bonds is 9. The molecule has 3 rings (SSSR count). The molecule has 0 unspecified atom stereocenters. The van der Waals surface area contributed by atoms with E-state index in [0.717, 1.165) is 12.8 Å². The third kappa shape index (κ3) is 5.94. The largest absolute Gasteiger partial charge is 0.494 e. The lowest BCUT2D eigenvalue weighted by Gasteiger charge is -2.08. The van der Waals surface area contributed by atoms with E-state index in [4.69, 9.17) is 4.74 Å². The molecule has 1 fully saturated rings. The Bertz CT molecular complexity index is 840. The molecule has 0 radical (unpaired) electrons. The van der Waals surface area contributed by atoms with Crippen LogP contribution in [0.25, 0.3) is 0 Å². The van der Waals surface area contributed by atoms with Crippen LogP contribution >= 0.6 is 0 Å². The summed E-state index contributed by atoms with van der Waals surface area (Å²) in [5.41, 5.74) is 1.89. The van der Waals surface area contributed by atoms with Crippen molar-refractivity contribution >= 4 is 23.3 Å². The molecule has 2 aromatic carbocycles. The van der Waals surface area contributed by atoms with Crippen molar-refractivity contribution in [3.05, 3.63) is 59.7 Å². The normalized spacial score (nSPS) is 12.9. The molecular weight excluding hydrogens is 356 g/mol. The SMILES string of the molecule is CC(=O)c1ccc(OCCCC(=O)Nc2ccc(C(=O)NC3CC3)cc2)cc1. The zero-order chi connectivity index (χ0) is 19.9. The van der Waals surface area contributed by atoms with E-state index in [0.29, 0.717) is 48.1 Å². The standard InChI is InChI=1S/C22H24N2O4/c1-15(25)16-6-12-20(13-7-16)28-14-2-3-21(26)23-18-8-4-17(5-9-18)22(27)24-19-10-11-19/h4-9,12-13,19H,2-3,10-11,14H2,1H3,(H,23,26)(H,24,27). The number of amides is 2. The smallest absolute Gasteiger partial charge is 0.251 e. The maximum Gasteiger partial charge on any atom is 0.251 e. The zero-order valence-electron chi connectivity index (χ0n) is 15.9. The summed E-state index contributed by atoms with van der Waals surface area (Å²) >= 11 is 0. The summed E-state index contributed by atoms with van der Waals surface area (Å²) in [5, 5.41) is 5.75. The van der Waals surface area contributed by atoms with Crippen molar-refractivity contribution in [2.24, 2.45) is 0 Å². The Morgan fingerprint density at radius 1 is 0.964 bits per heavy atom. The van der Waals surface area contributed by atoms with Crippen LogP contribution in [0.2, 0.25) is 0 Å². The molecule has 2 aromatic rings. The van der Waals surface area contributed by atoms with Crippen molar-refractivity contribution in [1.82, 2.24) is 5.32 Å². The summed E-state index contributed by atoms with van der Waals surface area (Å²) in [5.74, 6) is 0.504. The van der Waals surface area contributed by atoms with Gasteiger partial charge in [0.05, 0.1) is 6.61 Å². The first-order chi connectivity index (χ1) is 13.5. The van der Waals surface area contributed by atoms with E-state index >= 15 is 0 Å². The molecule has 0 spiro atoms. The number of carbonyl (C=O) groups is 3. The van der Waals surface area contributed by atoms with Gasteiger partial charge in [0, 0.05) is 29.3 Å². The Labute approximate surface area is 164 Å². The molecule has 1 aliphatic rings. The van der Waals surface area contributed by atoms with Crippen LogP contribution in [0.5, 0.6) is 5.75 Å². The minimum Gasteiger partial charge on any atom is -0.494 e. The van der Waals surface area contributed by atoms with Gasteiger partial charge >= 0.3 is 0 Å². The van der Waals surface area contributed by atoms with Gasteiger partial charge in [0.25, 0.3) is 5.91 Å². The summed E-state index contributed by atoms with van der Waals surface area (Å²) in [6, 6.07) is 14.1. The van der Waals surface area contributed by atoms with Crippen molar-refractivity contribution < 1.29 is 19.1 Å². The Morgan fingerprint density at radius 2 is 1.61 bits per heavy atom. The van der Waals surface area contributed by atoms with Crippen molar-refractivity contribution in [3.8, 4) is 5.75 Å². The van der Waals surface area contributed by atoms with E-state index in [1.807, 2.05) is 0 Å². The number of benzene rings is 2. The number of ketones is 1. The van der Waals surface area contributed by atoms with Crippen molar-refractivity contribution in [1.29, 1.82) is 0 Å². The monoisotopic (exact) mass is 380 g/mol. The fourth-order valence-corrected chi connectivity index (χ4v) is 2.63. The molecule has 0 aliphatic heterocycles. The van der Waals surface area contributed by atoms with Crippen LogP contribution < -0.4 is 15.4 Å². The summed E-state index contributed by atoms with van der Waals surface area (Å²) in [6.45, 7) is 1.93. The highest BCUT2D eigenvalue weighted by atomic mass is 16.5. The third-order valence-electron chi connectivity index (χ3n) is 4.42. The lowest BCUT2D eigenvalue weighted by Crippen LogP contribution is -2.25. The number of nitrogens with one attached hydrogen (secondary N) is 2. The van der Waals surface area contributed by atoms with Gasteiger partial charge in [-0.05, 0) is 74.7 Å². The Kier molecular flexibility index (Phi) is 6.42. The predicted octanol–water partition coefficient (Wildman–Crippen LogP) is 3.58. The molecule has 1 aliphatic carbocycles. The van der Waals surface area contributed by atoms with Gasteiger partial charge in [-0.25, -0.2) is 0 Å². The van der Waals surface area contributed by atoms with Gasteiger partial charge in [0.2, 0.25) is 5.91 Å². The van der Waals surface area contributed by atoms with Gasteiger partial charge < -0.3 is 15.4 Å². The second kappa shape index (κ2) is 9.17. The van der Waals surface area contributed by atoms with E-state index in [9.17, 15) is 14.4 Å². The van der Waals surface area contributed by atoms with Gasteiger partial charge in [-0.2, -0.15) is 0 Å². The molecule has 0 atom stereocenters. The summed E-state index contributed by atoms with van der Waals surface area (Å²) in [4.78, 5) is 35.2. The number of carbonyl (C=O) groups excluding carboxylic acids is 3. The zero-order valence-corrected chi connectivity index (χ0v) is 15.9. The van der Waals surface area contributed by atoms with E-state index in [1.54, 1.807) is 48.5 Å². The first kappa shape index (κ1) is 19.6. The van der Waals surface area contributed by atoms with E-state index in [1.165, 1.54) is 6.92 Å². The molecule has 0 saturated heterocycles. The van der Waals surface area contributed by atoms with Crippen LogP contribution in [0, 0.1) is 0 Å². The average Bonchev–Trinajstić information content (AvgIpc) is 3.50. The molecule has 0 aromatic heterocycles. The van der Waals surface area contributed by atoms with Gasteiger partial charge in [-0.15, -0.1) is 0 Å². The molecule has 2 N–H and O–H groups in total. The molecule has 0 bridgehead atoms. The molecular formula is C22H24N2O4. The summed E-state index contributed by atoms with van der Waals surface area (Å²) in [7, 11) is 0. The summed E-state index contributed by atoms with van der Waals surface area (Å²) < 4.78 is 5.58. The number of Topliss-reactive ketones (excluding diaryl/α,β-unsaturated/α-hetero) is 1. The van der Waals surface area contributed by atoms with Gasteiger partial charge in [-0.3, -0.25) is 14.4 Å². The maximum atomic E-state index is 12.0. The molecule has 28 heavy (non-hydrogen) atoms.